The van der Waals surface area contributed by atoms with Crippen molar-refractivity contribution < 1.29 is 9.53 Å². The highest BCUT2D eigenvalue weighted by molar-refractivity contribution is 5.98. The summed E-state index contributed by atoms with van der Waals surface area (Å²) in [5.74, 6) is -0.611. The van der Waals surface area contributed by atoms with Crippen LogP contribution in [0.3, 0.4) is 0 Å². The number of para-hydroxylation sites is 1. The summed E-state index contributed by atoms with van der Waals surface area (Å²) in [5.41, 5.74) is 3.23. The van der Waals surface area contributed by atoms with Gasteiger partial charge < -0.3 is 9.64 Å². The Labute approximate surface area is 160 Å². The van der Waals surface area contributed by atoms with Crippen molar-refractivity contribution in [2.45, 2.75) is 6.54 Å². The Morgan fingerprint density at radius 3 is 2.41 bits per heavy atom. The minimum absolute atomic E-state index is 0.00710. The number of rotatable bonds is 5. The summed E-state index contributed by atoms with van der Waals surface area (Å²) >= 11 is 0. The standard InChI is InChI=1S/C22H23N3O2/c1-27-22(26)20(16-23)15-19-9-5-6-10-21(19)25-13-11-24(12-14-25)17-18-7-3-2-4-8-18/h2-10,15H,11-14,17H2,1H3. The van der Waals surface area contributed by atoms with Crippen LogP contribution in [0.25, 0.3) is 6.08 Å². The number of ether oxygens (including phenoxy) is 1. The second kappa shape index (κ2) is 9.02. The van der Waals surface area contributed by atoms with E-state index in [-0.39, 0.29) is 5.57 Å². The van der Waals surface area contributed by atoms with Crippen LogP contribution in [0.1, 0.15) is 11.1 Å². The molecule has 0 saturated carbocycles. The molecule has 1 heterocycles. The molecule has 138 valence electrons. The Hall–Kier alpha value is -3.10. The number of hydrogen-bond acceptors (Lipinski definition) is 5. The molecule has 0 aromatic heterocycles. The van der Waals surface area contributed by atoms with Gasteiger partial charge in [0, 0.05) is 38.4 Å². The summed E-state index contributed by atoms with van der Waals surface area (Å²) in [6.45, 7) is 4.69. The largest absolute Gasteiger partial charge is 0.465 e. The lowest BCUT2D eigenvalue weighted by Gasteiger charge is -2.36. The van der Waals surface area contributed by atoms with Crippen LogP contribution in [0.2, 0.25) is 0 Å². The van der Waals surface area contributed by atoms with Crippen LogP contribution in [0, 0.1) is 11.3 Å². The predicted molar refractivity (Wildman–Crippen MR) is 106 cm³/mol. The number of nitrogens with zero attached hydrogens (tertiary/aromatic N) is 3. The zero-order valence-corrected chi connectivity index (χ0v) is 15.5. The smallest absolute Gasteiger partial charge is 0.348 e. The Bertz CT molecular complexity index is 847. The molecule has 1 aliphatic rings. The average molecular weight is 361 g/mol. The van der Waals surface area contributed by atoms with Crippen molar-refractivity contribution >= 4 is 17.7 Å². The summed E-state index contributed by atoms with van der Waals surface area (Å²) in [4.78, 5) is 16.5. The number of carbonyl (C=O) groups excluding carboxylic acids is 1. The lowest BCUT2D eigenvalue weighted by Crippen LogP contribution is -2.46. The molecule has 2 aromatic carbocycles. The van der Waals surface area contributed by atoms with Crippen molar-refractivity contribution in [3.05, 3.63) is 71.3 Å². The third-order valence-electron chi connectivity index (χ3n) is 4.72. The van der Waals surface area contributed by atoms with Crippen molar-refractivity contribution in [2.75, 3.05) is 38.2 Å². The monoisotopic (exact) mass is 361 g/mol. The number of benzene rings is 2. The van der Waals surface area contributed by atoms with E-state index in [2.05, 4.69) is 38.8 Å². The van der Waals surface area contributed by atoms with Gasteiger partial charge >= 0.3 is 5.97 Å². The van der Waals surface area contributed by atoms with Gasteiger partial charge in [-0.3, -0.25) is 4.90 Å². The first-order valence-electron chi connectivity index (χ1n) is 9.01. The molecule has 5 nitrogen and oxygen atoms in total. The van der Waals surface area contributed by atoms with Crippen LogP contribution in [0.15, 0.2) is 60.2 Å². The zero-order chi connectivity index (χ0) is 19.1. The fourth-order valence-corrected chi connectivity index (χ4v) is 3.29. The Kier molecular flexibility index (Phi) is 6.24. The van der Waals surface area contributed by atoms with Gasteiger partial charge in [0.25, 0.3) is 0 Å². The molecule has 0 unspecified atom stereocenters. The lowest BCUT2D eigenvalue weighted by atomic mass is 10.1. The molecule has 2 aromatic rings. The van der Waals surface area contributed by atoms with Gasteiger partial charge in [-0.25, -0.2) is 4.79 Å². The van der Waals surface area contributed by atoms with Crippen LogP contribution in [0.4, 0.5) is 5.69 Å². The second-order valence-electron chi connectivity index (χ2n) is 6.47. The summed E-state index contributed by atoms with van der Waals surface area (Å²) < 4.78 is 4.68. The van der Waals surface area contributed by atoms with E-state index >= 15 is 0 Å². The van der Waals surface area contributed by atoms with E-state index in [4.69, 9.17) is 0 Å². The van der Waals surface area contributed by atoms with Crippen molar-refractivity contribution in [1.29, 1.82) is 5.26 Å². The minimum atomic E-state index is -0.611. The van der Waals surface area contributed by atoms with Gasteiger partial charge in [0.2, 0.25) is 0 Å². The van der Waals surface area contributed by atoms with Gasteiger partial charge in [0.1, 0.15) is 11.6 Å². The third kappa shape index (κ3) is 4.75. The first-order chi connectivity index (χ1) is 13.2. The molecule has 1 aliphatic heterocycles. The molecule has 0 spiro atoms. The highest BCUT2D eigenvalue weighted by Crippen LogP contribution is 2.24. The predicted octanol–water partition coefficient (Wildman–Crippen LogP) is 3.09. The number of piperazine rings is 1. The van der Waals surface area contributed by atoms with E-state index in [0.717, 1.165) is 44.0 Å². The third-order valence-corrected chi connectivity index (χ3v) is 4.72. The van der Waals surface area contributed by atoms with Crippen LogP contribution in [-0.4, -0.2) is 44.2 Å². The van der Waals surface area contributed by atoms with Crippen molar-refractivity contribution in [3.63, 3.8) is 0 Å². The van der Waals surface area contributed by atoms with Gasteiger partial charge in [-0.05, 0) is 23.3 Å². The summed E-state index contributed by atoms with van der Waals surface area (Å²) in [6, 6.07) is 20.3. The highest BCUT2D eigenvalue weighted by Gasteiger charge is 2.19. The minimum Gasteiger partial charge on any atom is -0.465 e. The van der Waals surface area contributed by atoms with E-state index in [1.807, 2.05) is 36.4 Å². The second-order valence-corrected chi connectivity index (χ2v) is 6.47. The molecule has 0 atom stereocenters. The maximum Gasteiger partial charge on any atom is 0.348 e. The van der Waals surface area contributed by atoms with E-state index < -0.39 is 5.97 Å². The van der Waals surface area contributed by atoms with E-state index in [9.17, 15) is 10.1 Å². The Balaban J connectivity index is 1.71. The fourth-order valence-electron chi connectivity index (χ4n) is 3.29. The first kappa shape index (κ1) is 18.7. The van der Waals surface area contributed by atoms with Crippen LogP contribution >= 0.6 is 0 Å². The normalized spacial score (nSPS) is 15.3. The van der Waals surface area contributed by atoms with Crippen molar-refractivity contribution in [1.82, 2.24) is 4.90 Å². The van der Waals surface area contributed by atoms with Crippen LogP contribution in [-0.2, 0) is 16.1 Å². The van der Waals surface area contributed by atoms with Crippen LogP contribution in [0.5, 0.6) is 0 Å². The highest BCUT2D eigenvalue weighted by atomic mass is 16.5. The fraction of sp³-hybridized carbons (Fsp3) is 0.273. The number of carbonyl (C=O) groups is 1. The van der Waals surface area contributed by atoms with Crippen molar-refractivity contribution in [2.24, 2.45) is 0 Å². The zero-order valence-electron chi connectivity index (χ0n) is 15.5. The molecule has 5 heteroatoms. The summed E-state index contributed by atoms with van der Waals surface area (Å²) in [5, 5.41) is 9.23. The lowest BCUT2D eigenvalue weighted by molar-refractivity contribution is -0.135. The average Bonchev–Trinajstić information content (AvgIpc) is 2.73. The van der Waals surface area contributed by atoms with Gasteiger partial charge in [-0.15, -0.1) is 0 Å². The van der Waals surface area contributed by atoms with E-state index in [1.165, 1.54) is 12.7 Å². The number of anilines is 1. The number of esters is 1. The quantitative estimate of drug-likeness (QED) is 0.465. The van der Waals surface area contributed by atoms with Crippen molar-refractivity contribution in [3.8, 4) is 6.07 Å². The molecule has 27 heavy (non-hydrogen) atoms. The van der Waals surface area contributed by atoms with Crippen LogP contribution < -0.4 is 4.90 Å². The Morgan fingerprint density at radius 2 is 1.74 bits per heavy atom. The number of hydrogen-bond donors (Lipinski definition) is 0. The van der Waals surface area contributed by atoms with Gasteiger partial charge in [-0.2, -0.15) is 5.26 Å². The molecule has 0 aliphatic carbocycles. The molecule has 0 bridgehead atoms. The SMILES string of the molecule is COC(=O)C(C#N)=Cc1ccccc1N1CCN(Cc2ccccc2)CC1. The van der Waals surface area contributed by atoms with E-state index in [1.54, 1.807) is 6.08 Å². The summed E-state index contributed by atoms with van der Waals surface area (Å²) in [6.07, 6.45) is 1.61. The maximum atomic E-state index is 11.7. The number of nitriles is 1. The van der Waals surface area contributed by atoms with Gasteiger partial charge in [0.15, 0.2) is 0 Å². The maximum absolute atomic E-state index is 11.7. The van der Waals surface area contributed by atoms with Gasteiger partial charge in [0.05, 0.1) is 7.11 Å². The molecule has 1 saturated heterocycles. The van der Waals surface area contributed by atoms with E-state index in [0.29, 0.717) is 0 Å². The van der Waals surface area contributed by atoms with Gasteiger partial charge in [-0.1, -0.05) is 48.5 Å². The topological polar surface area (TPSA) is 56.6 Å². The molecular formula is C22H23N3O2. The molecular weight excluding hydrogens is 338 g/mol. The molecule has 0 amide bonds. The molecule has 0 N–H and O–H groups in total. The molecule has 1 fully saturated rings. The molecule has 3 rings (SSSR count). The number of methoxy groups -OCH3 is 1. The molecule has 0 radical (unpaired) electrons. The first-order valence-corrected chi connectivity index (χ1v) is 9.01. The Morgan fingerprint density at radius 1 is 1.07 bits per heavy atom. The summed E-state index contributed by atoms with van der Waals surface area (Å²) in [7, 11) is 1.28.